The number of rotatable bonds is 4. The van der Waals surface area contributed by atoms with Crippen LogP contribution in [-0.4, -0.2) is 11.5 Å². The van der Waals surface area contributed by atoms with Crippen molar-refractivity contribution in [3.8, 4) is 0 Å². The van der Waals surface area contributed by atoms with E-state index >= 15 is 0 Å². The molecular weight excluding hydrogens is 252 g/mol. The molecule has 0 aromatic carbocycles. The van der Waals surface area contributed by atoms with Gasteiger partial charge in [-0.05, 0) is 55.1 Å². The van der Waals surface area contributed by atoms with Crippen LogP contribution in [0.1, 0.15) is 59.3 Å². The van der Waals surface area contributed by atoms with Gasteiger partial charge in [0.25, 0.3) is 0 Å². The van der Waals surface area contributed by atoms with Crippen LogP contribution in [0.25, 0.3) is 0 Å². The maximum atomic E-state index is 12.3. The Balaban J connectivity index is 2.07. The summed E-state index contributed by atoms with van der Waals surface area (Å²) in [7, 11) is 0. The maximum absolute atomic E-state index is 12.3. The minimum absolute atomic E-state index is 0.224. The summed E-state index contributed by atoms with van der Waals surface area (Å²) in [5.41, 5.74) is 2.81. The molecule has 0 bridgehead atoms. The third-order valence-corrected chi connectivity index (χ3v) is 5.74. The Hall–Kier alpha value is -0.500. The number of hydrogen-bond donors (Lipinski definition) is 0. The van der Waals surface area contributed by atoms with E-state index in [9.17, 15) is 4.79 Å². The molecule has 1 fully saturated rings. The molecule has 0 aliphatic heterocycles. The molecule has 0 N–H and O–H groups in total. The first-order chi connectivity index (χ1) is 9.07. The first-order valence-corrected chi connectivity index (χ1v) is 8.62. The van der Waals surface area contributed by atoms with Crippen molar-refractivity contribution < 1.29 is 4.79 Å². The smallest absolute Gasteiger partial charge is 0.159 e. The van der Waals surface area contributed by atoms with E-state index in [1.807, 2.05) is 11.8 Å². The van der Waals surface area contributed by atoms with Crippen molar-refractivity contribution in [2.75, 3.05) is 5.75 Å². The second-order valence-corrected chi connectivity index (χ2v) is 7.34. The van der Waals surface area contributed by atoms with Gasteiger partial charge in [-0.25, -0.2) is 0 Å². The minimum Gasteiger partial charge on any atom is -0.295 e. The summed E-state index contributed by atoms with van der Waals surface area (Å²) in [5.74, 6) is 2.14. The molecule has 1 saturated carbocycles. The van der Waals surface area contributed by atoms with Crippen LogP contribution in [0.2, 0.25) is 0 Å². The van der Waals surface area contributed by atoms with Crippen molar-refractivity contribution in [3.63, 3.8) is 0 Å². The van der Waals surface area contributed by atoms with Crippen LogP contribution in [0.5, 0.6) is 0 Å². The molecule has 1 nitrogen and oxygen atoms in total. The number of ketones is 1. The third kappa shape index (κ3) is 3.34. The number of carbonyl (C=O) groups excluding carboxylic acids is 1. The molecule has 0 saturated heterocycles. The summed E-state index contributed by atoms with van der Waals surface area (Å²) in [6.07, 6.45) is 8.90. The standard InChI is InChI=1S/C17H26OS/c1-4-5-9-19-12-14-10-15-13(2)7-6-8-17(15,3)11-16(14)18/h7,12,15H,4-6,8-11H2,1-3H3/b14-12+/t15-,17+/m0/s1. The van der Waals surface area contributed by atoms with E-state index in [1.165, 1.54) is 24.8 Å². The summed E-state index contributed by atoms with van der Waals surface area (Å²) < 4.78 is 0. The molecule has 0 aromatic heterocycles. The number of carbonyl (C=O) groups is 1. The molecule has 2 aliphatic carbocycles. The molecule has 0 heterocycles. The maximum Gasteiger partial charge on any atom is 0.159 e. The quantitative estimate of drug-likeness (QED) is 0.403. The van der Waals surface area contributed by atoms with Gasteiger partial charge in [-0.2, -0.15) is 0 Å². The van der Waals surface area contributed by atoms with Gasteiger partial charge in [0, 0.05) is 12.0 Å². The molecule has 0 radical (unpaired) electrons. The van der Waals surface area contributed by atoms with Crippen molar-refractivity contribution in [1.82, 2.24) is 0 Å². The van der Waals surface area contributed by atoms with Crippen LogP contribution < -0.4 is 0 Å². The second kappa shape index (κ2) is 6.30. The van der Waals surface area contributed by atoms with Gasteiger partial charge in [0.05, 0.1) is 0 Å². The van der Waals surface area contributed by atoms with E-state index in [-0.39, 0.29) is 5.41 Å². The fourth-order valence-electron chi connectivity index (χ4n) is 3.43. The van der Waals surface area contributed by atoms with Crippen LogP contribution in [0.15, 0.2) is 22.6 Å². The largest absolute Gasteiger partial charge is 0.295 e. The number of fused-ring (bicyclic) bond motifs is 1. The Morgan fingerprint density at radius 2 is 2.32 bits per heavy atom. The minimum atomic E-state index is 0.224. The van der Waals surface area contributed by atoms with Crippen LogP contribution in [0.4, 0.5) is 0 Å². The number of allylic oxidation sites excluding steroid dienone is 3. The van der Waals surface area contributed by atoms with Gasteiger partial charge in [-0.15, -0.1) is 11.8 Å². The Labute approximate surface area is 121 Å². The predicted molar refractivity (Wildman–Crippen MR) is 84.3 cm³/mol. The summed E-state index contributed by atoms with van der Waals surface area (Å²) >= 11 is 1.83. The Kier molecular flexibility index (Phi) is 4.94. The summed E-state index contributed by atoms with van der Waals surface area (Å²) in [6, 6.07) is 0. The van der Waals surface area contributed by atoms with Gasteiger partial charge in [-0.1, -0.05) is 31.9 Å². The van der Waals surface area contributed by atoms with E-state index in [1.54, 1.807) is 0 Å². The lowest BCUT2D eigenvalue weighted by molar-refractivity contribution is -0.120. The highest BCUT2D eigenvalue weighted by molar-refractivity contribution is 8.02. The third-order valence-electron chi connectivity index (χ3n) is 4.76. The predicted octanol–water partition coefficient (Wildman–Crippen LogP) is 5.13. The monoisotopic (exact) mass is 278 g/mol. The topological polar surface area (TPSA) is 17.1 Å². The van der Waals surface area contributed by atoms with Crippen LogP contribution in [0, 0.1) is 11.3 Å². The van der Waals surface area contributed by atoms with E-state index in [2.05, 4.69) is 32.3 Å². The fourth-order valence-corrected chi connectivity index (χ4v) is 4.43. The fraction of sp³-hybridized carbons (Fsp3) is 0.706. The molecular formula is C17H26OS. The van der Waals surface area contributed by atoms with Crippen LogP contribution >= 0.6 is 11.8 Å². The lowest BCUT2D eigenvalue weighted by Crippen LogP contribution is -2.38. The Morgan fingerprint density at radius 1 is 1.53 bits per heavy atom. The van der Waals surface area contributed by atoms with Crippen LogP contribution in [0.3, 0.4) is 0 Å². The molecule has 0 aromatic rings. The van der Waals surface area contributed by atoms with Crippen molar-refractivity contribution >= 4 is 17.5 Å². The molecule has 2 rings (SSSR count). The van der Waals surface area contributed by atoms with E-state index < -0.39 is 0 Å². The van der Waals surface area contributed by atoms with Crippen molar-refractivity contribution in [2.45, 2.75) is 59.3 Å². The lowest BCUT2D eigenvalue weighted by Gasteiger charge is -2.45. The lowest BCUT2D eigenvalue weighted by atomic mass is 9.59. The highest BCUT2D eigenvalue weighted by atomic mass is 32.2. The summed E-state index contributed by atoms with van der Waals surface area (Å²) in [5, 5.41) is 2.15. The first-order valence-electron chi connectivity index (χ1n) is 7.57. The van der Waals surface area contributed by atoms with Gasteiger partial charge >= 0.3 is 0 Å². The number of hydrogen-bond acceptors (Lipinski definition) is 2. The molecule has 106 valence electrons. The van der Waals surface area contributed by atoms with Gasteiger partial charge in [0.2, 0.25) is 0 Å². The first kappa shape index (κ1) is 14.9. The highest BCUT2D eigenvalue weighted by Gasteiger charge is 2.43. The van der Waals surface area contributed by atoms with Gasteiger partial charge in [0.15, 0.2) is 5.78 Å². The second-order valence-electron chi connectivity index (χ2n) is 6.36. The number of Topliss-reactive ketones (excluding diaryl/α,β-unsaturated/α-hetero) is 1. The zero-order chi connectivity index (χ0) is 13.9. The molecule has 0 unspecified atom stereocenters. The highest BCUT2D eigenvalue weighted by Crippen LogP contribution is 2.50. The molecule has 2 aliphatic rings. The molecule has 2 atom stereocenters. The Morgan fingerprint density at radius 3 is 3.05 bits per heavy atom. The Bertz CT molecular complexity index is 407. The SMILES string of the molecule is CCCCS/C=C1\C[C@H]2C(C)=CCC[C@]2(C)CC1=O. The van der Waals surface area contributed by atoms with E-state index in [0.29, 0.717) is 11.7 Å². The van der Waals surface area contributed by atoms with E-state index in [0.717, 1.165) is 30.6 Å². The van der Waals surface area contributed by atoms with Gasteiger partial charge < -0.3 is 0 Å². The average Bonchev–Trinajstić information content (AvgIpc) is 2.35. The van der Waals surface area contributed by atoms with E-state index in [4.69, 9.17) is 0 Å². The van der Waals surface area contributed by atoms with Gasteiger partial charge in [-0.3, -0.25) is 4.79 Å². The molecule has 0 amide bonds. The van der Waals surface area contributed by atoms with Crippen LogP contribution in [-0.2, 0) is 4.79 Å². The molecule has 2 heteroatoms. The average molecular weight is 278 g/mol. The summed E-state index contributed by atoms with van der Waals surface area (Å²) in [4.78, 5) is 12.3. The van der Waals surface area contributed by atoms with Crippen molar-refractivity contribution in [2.24, 2.45) is 11.3 Å². The summed E-state index contributed by atoms with van der Waals surface area (Å²) in [6.45, 7) is 6.77. The van der Waals surface area contributed by atoms with Gasteiger partial charge in [0.1, 0.15) is 0 Å². The zero-order valence-electron chi connectivity index (χ0n) is 12.5. The van der Waals surface area contributed by atoms with Crippen molar-refractivity contribution in [1.29, 1.82) is 0 Å². The number of unbranched alkanes of at least 4 members (excludes halogenated alkanes) is 1. The zero-order valence-corrected chi connectivity index (χ0v) is 13.3. The molecule has 19 heavy (non-hydrogen) atoms. The number of thioether (sulfide) groups is 1. The van der Waals surface area contributed by atoms with Crippen molar-refractivity contribution in [3.05, 3.63) is 22.6 Å². The normalized spacial score (nSPS) is 33.2. The molecule has 0 spiro atoms.